The number of ketones is 2. The lowest BCUT2D eigenvalue weighted by atomic mass is 9.57. The molecule has 0 aliphatic heterocycles. The number of primary amides is 1. The van der Waals surface area contributed by atoms with Crippen molar-refractivity contribution >= 4 is 34.8 Å². The highest BCUT2D eigenvalue weighted by atomic mass is 16.5. The first-order chi connectivity index (χ1) is 20.9. The van der Waals surface area contributed by atoms with Crippen molar-refractivity contribution in [3.8, 4) is 16.9 Å². The monoisotopic (exact) mass is 600 g/mol. The summed E-state index contributed by atoms with van der Waals surface area (Å²) in [4.78, 5) is 53.2. The molecule has 226 valence electrons. The molecule has 1 aromatic heterocycles. The molecule has 2 amide bonds. The van der Waals surface area contributed by atoms with Crippen LogP contribution >= 0.6 is 0 Å². The Morgan fingerprint density at radius 3 is 2.39 bits per heavy atom. The molecule has 13 nitrogen and oxygen atoms in total. The number of nitrogens with two attached hydrogens (primary N) is 1. The van der Waals surface area contributed by atoms with Gasteiger partial charge in [0.15, 0.2) is 11.4 Å². The van der Waals surface area contributed by atoms with Gasteiger partial charge in [-0.3, -0.25) is 24.1 Å². The lowest BCUT2D eigenvalue weighted by Gasteiger charge is -2.50. The Balaban J connectivity index is 1.43. The van der Waals surface area contributed by atoms with E-state index < -0.39 is 64.0 Å². The molecular weight excluding hydrogens is 572 g/mol. The van der Waals surface area contributed by atoms with E-state index in [0.29, 0.717) is 22.4 Å². The fourth-order valence-corrected chi connectivity index (χ4v) is 6.77. The Morgan fingerprint density at radius 2 is 1.77 bits per heavy atom. The lowest BCUT2D eigenvalue weighted by molar-refractivity contribution is -0.153. The number of likely N-dealkylation sites (N-methyl/N-ethyl adjacent to an activating group) is 1. The van der Waals surface area contributed by atoms with Gasteiger partial charge in [0.2, 0.25) is 11.5 Å². The predicted molar refractivity (Wildman–Crippen MR) is 154 cm³/mol. The summed E-state index contributed by atoms with van der Waals surface area (Å²) in [5, 5.41) is 51.2. The third-order valence-electron chi connectivity index (χ3n) is 8.72. The molecule has 13 heteroatoms. The number of carbonyl (C=O) groups excluding carboxylic acids is 4. The topological polar surface area (TPSA) is 217 Å². The SMILES string of the molecule is CN(C)[C@@H]1C(=O)C(C(N)=O)=C(O)[C@@]2(O)C(=O)C3=C(O)c4c(O)ccc(-c5ccc(NC(=O)c6ccno6)cc5)c4C[C@H]3C[C@@H]12. The summed E-state index contributed by atoms with van der Waals surface area (Å²) in [5.41, 5.74) is 3.87. The van der Waals surface area contributed by atoms with Crippen LogP contribution in [-0.2, 0) is 20.8 Å². The van der Waals surface area contributed by atoms with E-state index in [2.05, 4.69) is 10.5 Å². The van der Waals surface area contributed by atoms with Gasteiger partial charge in [-0.25, -0.2) is 0 Å². The van der Waals surface area contributed by atoms with Crippen LogP contribution in [0.4, 0.5) is 5.69 Å². The summed E-state index contributed by atoms with van der Waals surface area (Å²) in [6, 6.07) is 10.1. The fourth-order valence-electron chi connectivity index (χ4n) is 6.77. The second kappa shape index (κ2) is 10.2. The number of fused-ring (bicyclic) bond motifs is 3. The van der Waals surface area contributed by atoms with E-state index in [-0.39, 0.29) is 35.5 Å². The van der Waals surface area contributed by atoms with Gasteiger partial charge >= 0.3 is 0 Å². The molecule has 1 heterocycles. The number of amides is 2. The smallest absolute Gasteiger partial charge is 0.294 e. The standard InChI is InChI=1S/C31H28N4O9/c1-35(2)24-18-12-14-11-17-16(13-3-5-15(6-4-13)34-30(42)20-9-10-33-44-20)7-8-19(36)22(17)25(37)21(14)27(39)31(18,43)28(40)23(26(24)38)29(32)41/h3-10,14,18,24,36-37,40,43H,11-12H2,1-2H3,(H2,32,41)(H,34,42)/t14-,18-,24-,31-/m0/s1. The molecule has 0 radical (unpaired) electrons. The number of nitrogens with zero attached hydrogens (tertiary/aromatic N) is 2. The number of hydrogen-bond acceptors (Lipinski definition) is 11. The molecule has 0 saturated heterocycles. The number of carbonyl (C=O) groups is 4. The molecule has 4 atom stereocenters. The Kier molecular flexibility index (Phi) is 6.67. The first-order valence-corrected chi connectivity index (χ1v) is 13.7. The summed E-state index contributed by atoms with van der Waals surface area (Å²) in [7, 11) is 3.09. The fraction of sp³-hybridized carbons (Fsp3) is 0.258. The number of aliphatic hydroxyl groups is 3. The van der Waals surface area contributed by atoms with Crippen molar-refractivity contribution in [3.05, 3.63) is 82.5 Å². The van der Waals surface area contributed by atoms with Crippen LogP contribution in [0.5, 0.6) is 5.75 Å². The van der Waals surface area contributed by atoms with Crippen molar-refractivity contribution < 1.29 is 44.1 Å². The van der Waals surface area contributed by atoms with E-state index in [1.54, 1.807) is 44.4 Å². The average molecular weight is 601 g/mol. The first-order valence-electron chi connectivity index (χ1n) is 13.7. The van der Waals surface area contributed by atoms with Gasteiger partial charge < -0.3 is 36.0 Å². The minimum absolute atomic E-state index is 0.0125. The summed E-state index contributed by atoms with van der Waals surface area (Å²) in [6.45, 7) is 0. The van der Waals surface area contributed by atoms with E-state index in [4.69, 9.17) is 10.3 Å². The normalized spacial score (nSPS) is 24.6. The van der Waals surface area contributed by atoms with E-state index in [1.165, 1.54) is 23.2 Å². The minimum Gasteiger partial charge on any atom is -0.508 e. The van der Waals surface area contributed by atoms with Crippen molar-refractivity contribution in [2.24, 2.45) is 17.6 Å². The molecule has 1 fully saturated rings. The molecule has 1 saturated carbocycles. The number of aliphatic hydroxyl groups excluding tert-OH is 2. The van der Waals surface area contributed by atoms with Gasteiger partial charge in [-0.2, -0.15) is 0 Å². The van der Waals surface area contributed by atoms with Gasteiger partial charge in [0, 0.05) is 23.2 Å². The highest BCUT2D eigenvalue weighted by Crippen LogP contribution is 2.53. The van der Waals surface area contributed by atoms with Crippen LogP contribution in [0.25, 0.3) is 16.9 Å². The second-order valence-corrected chi connectivity index (χ2v) is 11.4. The van der Waals surface area contributed by atoms with Gasteiger partial charge in [-0.1, -0.05) is 23.4 Å². The quantitative estimate of drug-likeness (QED) is 0.232. The van der Waals surface area contributed by atoms with Crippen LogP contribution in [0.2, 0.25) is 0 Å². The predicted octanol–water partition coefficient (Wildman–Crippen LogP) is 1.87. The van der Waals surface area contributed by atoms with Crippen LogP contribution in [0.15, 0.2) is 70.1 Å². The Bertz CT molecular complexity index is 1810. The molecular formula is C31H28N4O9. The molecule has 0 bridgehead atoms. The molecule has 3 aliphatic carbocycles. The molecule has 3 aliphatic rings. The second-order valence-electron chi connectivity index (χ2n) is 11.4. The summed E-state index contributed by atoms with van der Waals surface area (Å²) >= 11 is 0. The third kappa shape index (κ3) is 4.12. The number of Topliss-reactive ketones (excluding diaryl/α,β-unsaturated/α-hetero) is 2. The highest BCUT2D eigenvalue weighted by Gasteiger charge is 2.64. The first kappa shape index (κ1) is 28.8. The molecule has 3 aromatic rings. The number of aromatic hydroxyl groups is 1. The number of rotatable bonds is 5. The third-order valence-corrected chi connectivity index (χ3v) is 8.72. The van der Waals surface area contributed by atoms with Gasteiger partial charge in [-0.15, -0.1) is 0 Å². The van der Waals surface area contributed by atoms with Crippen LogP contribution in [0.3, 0.4) is 0 Å². The minimum atomic E-state index is -2.70. The zero-order valence-corrected chi connectivity index (χ0v) is 23.6. The summed E-state index contributed by atoms with van der Waals surface area (Å²) in [6.07, 6.45) is 1.47. The zero-order valence-electron chi connectivity index (χ0n) is 23.6. The van der Waals surface area contributed by atoms with E-state index >= 15 is 0 Å². The average Bonchev–Trinajstić information content (AvgIpc) is 3.51. The van der Waals surface area contributed by atoms with Crippen molar-refractivity contribution in [2.75, 3.05) is 19.4 Å². The summed E-state index contributed by atoms with van der Waals surface area (Å²) in [5.74, 6) is -7.53. The van der Waals surface area contributed by atoms with Crippen molar-refractivity contribution in [1.82, 2.24) is 10.1 Å². The maximum Gasteiger partial charge on any atom is 0.294 e. The maximum atomic E-state index is 14.0. The Labute approximate surface area is 249 Å². The molecule has 2 aromatic carbocycles. The summed E-state index contributed by atoms with van der Waals surface area (Å²) < 4.78 is 4.87. The number of aromatic nitrogens is 1. The van der Waals surface area contributed by atoms with Crippen LogP contribution < -0.4 is 11.1 Å². The number of anilines is 1. The molecule has 6 rings (SSSR count). The number of benzene rings is 2. The van der Waals surface area contributed by atoms with Crippen LogP contribution in [0.1, 0.15) is 28.1 Å². The van der Waals surface area contributed by atoms with E-state index in [0.717, 1.165) is 0 Å². The van der Waals surface area contributed by atoms with Crippen molar-refractivity contribution in [3.63, 3.8) is 0 Å². The molecule has 44 heavy (non-hydrogen) atoms. The van der Waals surface area contributed by atoms with E-state index in [9.17, 15) is 39.6 Å². The molecule has 7 N–H and O–H groups in total. The Hall–Kier alpha value is -5.27. The Morgan fingerprint density at radius 1 is 1.07 bits per heavy atom. The van der Waals surface area contributed by atoms with Gasteiger partial charge in [0.05, 0.1) is 17.8 Å². The maximum absolute atomic E-state index is 14.0. The zero-order chi connectivity index (χ0) is 31.7. The van der Waals surface area contributed by atoms with E-state index in [1.807, 2.05) is 0 Å². The van der Waals surface area contributed by atoms with Crippen LogP contribution in [0, 0.1) is 11.8 Å². The van der Waals surface area contributed by atoms with Crippen molar-refractivity contribution in [2.45, 2.75) is 24.5 Å². The van der Waals surface area contributed by atoms with Gasteiger partial charge in [0.25, 0.3) is 11.8 Å². The number of phenolic OH excluding ortho intramolecular Hbond substituents is 1. The molecule has 0 spiro atoms. The number of nitrogens with one attached hydrogen (secondary N) is 1. The van der Waals surface area contributed by atoms with Crippen LogP contribution in [-0.4, -0.2) is 79.6 Å². The highest BCUT2D eigenvalue weighted by molar-refractivity contribution is 6.24. The van der Waals surface area contributed by atoms with Gasteiger partial charge in [0.1, 0.15) is 22.8 Å². The lowest BCUT2D eigenvalue weighted by Crippen LogP contribution is -2.65. The molecule has 0 unspecified atom stereocenters. The van der Waals surface area contributed by atoms with Gasteiger partial charge in [-0.05, 0) is 67.7 Å². The van der Waals surface area contributed by atoms with Crippen molar-refractivity contribution in [1.29, 1.82) is 0 Å². The number of hydrogen-bond donors (Lipinski definition) is 6. The largest absolute Gasteiger partial charge is 0.508 e. The number of phenols is 1.